The Balaban J connectivity index is 1.40. The lowest BCUT2D eigenvalue weighted by Gasteiger charge is -2.45. The van der Waals surface area contributed by atoms with Crippen LogP contribution in [0.3, 0.4) is 0 Å². The summed E-state index contributed by atoms with van der Waals surface area (Å²) in [5, 5.41) is 3.00. The highest BCUT2D eigenvalue weighted by molar-refractivity contribution is 5.86. The minimum absolute atomic E-state index is 0.0237. The number of piperidine rings is 2. The summed E-state index contributed by atoms with van der Waals surface area (Å²) >= 11 is 0. The highest BCUT2D eigenvalue weighted by Crippen LogP contribution is 2.52. The molecule has 0 unspecified atom stereocenters. The Morgan fingerprint density at radius 1 is 1.16 bits per heavy atom. The smallest absolute Gasteiger partial charge is 0.317 e. The third kappa shape index (κ3) is 4.29. The number of hydrogen-bond donors (Lipinski definition) is 1. The third-order valence-corrected chi connectivity index (χ3v) is 7.59. The van der Waals surface area contributed by atoms with Crippen molar-refractivity contribution in [3.63, 3.8) is 0 Å². The number of nitrogens with one attached hydrogen (secondary N) is 1. The Labute approximate surface area is 186 Å². The second kappa shape index (κ2) is 8.77. The molecule has 7 nitrogen and oxygen atoms in total. The van der Waals surface area contributed by atoms with E-state index in [4.69, 9.17) is 0 Å². The first-order valence-corrected chi connectivity index (χ1v) is 11.9. The number of urea groups is 1. The Morgan fingerprint density at radius 3 is 2.45 bits per heavy atom. The summed E-state index contributed by atoms with van der Waals surface area (Å²) in [6.07, 6.45) is 8.33. The van der Waals surface area contributed by atoms with Gasteiger partial charge >= 0.3 is 6.03 Å². The van der Waals surface area contributed by atoms with Crippen molar-refractivity contribution in [1.29, 1.82) is 0 Å². The summed E-state index contributed by atoms with van der Waals surface area (Å²) < 4.78 is 0. The molecular weight excluding hydrogens is 390 g/mol. The number of hydrogen-bond acceptors (Lipinski definition) is 4. The van der Waals surface area contributed by atoms with E-state index >= 15 is 0 Å². The summed E-state index contributed by atoms with van der Waals surface area (Å²) in [6.45, 7) is 11.1. The van der Waals surface area contributed by atoms with Gasteiger partial charge in [0, 0.05) is 50.2 Å². The Kier molecular flexibility index (Phi) is 6.24. The summed E-state index contributed by atoms with van der Waals surface area (Å²) in [5.74, 6) is 0.358. The van der Waals surface area contributed by atoms with Crippen molar-refractivity contribution >= 4 is 11.9 Å². The largest absolute Gasteiger partial charge is 0.337 e. The molecular formula is C24H37N5O2. The van der Waals surface area contributed by atoms with Gasteiger partial charge in [-0.05, 0) is 77.6 Å². The molecule has 7 heteroatoms. The van der Waals surface area contributed by atoms with Gasteiger partial charge in [0.2, 0.25) is 5.91 Å². The van der Waals surface area contributed by atoms with Crippen LogP contribution in [-0.2, 0) is 11.3 Å². The number of likely N-dealkylation sites (tertiary alicyclic amines) is 3. The lowest BCUT2D eigenvalue weighted by molar-refractivity contribution is -0.140. The lowest BCUT2D eigenvalue weighted by Crippen LogP contribution is -2.56. The van der Waals surface area contributed by atoms with Crippen LogP contribution in [-0.4, -0.2) is 75.9 Å². The first-order valence-electron chi connectivity index (χ1n) is 11.9. The van der Waals surface area contributed by atoms with E-state index in [9.17, 15) is 9.59 Å². The van der Waals surface area contributed by atoms with Crippen molar-refractivity contribution in [2.24, 2.45) is 5.41 Å². The van der Waals surface area contributed by atoms with Crippen LogP contribution in [0.2, 0.25) is 0 Å². The lowest BCUT2D eigenvalue weighted by atomic mass is 9.71. The van der Waals surface area contributed by atoms with Crippen molar-refractivity contribution in [3.8, 4) is 0 Å². The average molecular weight is 428 g/mol. The van der Waals surface area contributed by atoms with Crippen molar-refractivity contribution in [1.82, 2.24) is 25.0 Å². The maximum absolute atomic E-state index is 13.6. The van der Waals surface area contributed by atoms with Crippen LogP contribution >= 0.6 is 0 Å². The number of amides is 3. The van der Waals surface area contributed by atoms with Gasteiger partial charge in [-0.1, -0.05) is 6.07 Å². The summed E-state index contributed by atoms with van der Waals surface area (Å²) in [7, 11) is 0. The molecule has 3 aliphatic heterocycles. The quantitative estimate of drug-likeness (QED) is 0.802. The van der Waals surface area contributed by atoms with Gasteiger partial charge in [0.25, 0.3) is 0 Å². The van der Waals surface area contributed by atoms with E-state index in [0.717, 1.165) is 71.4 Å². The molecule has 0 aromatic carbocycles. The highest BCUT2D eigenvalue weighted by atomic mass is 16.2. The van der Waals surface area contributed by atoms with Gasteiger partial charge in [0.15, 0.2) is 0 Å². The predicted octanol–water partition coefficient (Wildman–Crippen LogP) is 2.87. The minimum Gasteiger partial charge on any atom is -0.337 e. The fraction of sp³-hybridized carbons (Fsp3) is 0.708. The van der Waals surface area contributed by atoms with Gasteiger partial charge in [-0.2, -0.15) is 0 Å². The maximum atomic E-state index is 13.6. The van der Waals surface area contributed by atoms with E-state index < -0.39 is 0 Å². The number of aromatic nitrogens is 1. The second-order valence-electron chi connectivity index (χ2n) is 9.96. The van der Waals surface area contributed by atoms with E-state index in [2.05, 4.69) is 33.1 Å². The molecule has 3 fully saturated rings. The van der Waals surface area contributed by atoms with Crippen molar-refractivity contribution in [2.45, 2.75) is 71.0 Å². The molecule has 1 aromatic heterocycles. The van der Waals surface area contributed by atoms with Crippen LogP contribution in [0.25, 0.3) is 0 Å². The molecule has 31 heavy (non-hydrogen) atoms. The normalized spacial score (nSPS) is 23.2. The molecule has 1 aromatic rings. The molecule has 4 heterocycles. The van der Waals surface area contributed by atoms with E-state index in [0.29, 0.717) is 5.91 Å². The zero-order chi connectivity index (χ0) is 22.1. The van der Waals surface area contributed by atoms with Crippen molar-refractivity contribution < 1.29 is 9.59 Å². The predicted molar refractivity (Wildman–Crippen MR) is 120 cm³/mol. The van der Waals surface area contributed by atoms with Crippen molar-refractivity contribution in [3.05, 3.63) is 30.1 Å². The number of nitrogens with zero attached hydrogens (tertiary/aromatic N) is 4. The number of pyridine rings is 1. The monoisotopic (exact) mass is 427 g/mol. The number of carbonyl (C=O) groups is 2. The van der Waals surface area contributed by atoms with Crippen LogP contribution < -0.4 is 5.32 Å². The van der Waals surface area contributed by atoms with Gasteiger partial charge in [-0.15, -0.1) is 0 Å². The van der Waals surface area contributed by atoms with Crippen molar-refractivity contribution in [2.75, 3.05) is 32.7 Å². The molecule has 1 N–H and O–H groups in total. The topological polar surface area (TPSA) is 68.8 Å². The molecule has 0 aliphatic carbocycles. The Hall–Kier alpha value is -2.15. The van der Waals surface area contributed by atoms with Gasteiger partial charge in [-0.3, -0.25) is 14.7 Å². The summed E-state index contributed by atoms with van der Waals surface area (Å²) in [4.78, 5) is 36.8. The van der Waals surface area contributed by atoms with Gasteiger partial charge in [0.05, 0.1) is 5.41 Å². The van der Waals surface area contributed by atoms with Gasteiger partial charge in [-0.25, -0.2) is 4.79 Å². The van der Waals surface area contributed by atoms with E-state index in [1.54, 1.807) is 0 Å². The van der Waals surface area contributed by atoms with Crippen LogP contribution in [0.15, 0.2) is 24.5 Å². The average Bonchev–Trinajstić information content (AvgIpc) is 2.97. The maximum Gasteiger partial charge on any atom is 0.317 e. The summed E-state index contributed by atoms with van der Waals surface area (Å²) in [5.41, 5.74) is 0.936. The van der Waals surface area contributed by atoms with Crippen LogP contribution in [0.5, 0.6) is 0 Å². The zero-order valence-electron chi connectivity index (χ0n) is 19.3. The minimum atomic E-state index is -0.218. The van der Waals surface area contributed by atoms with Gasteiger partial charge < -0.3 is 15.1 Å². The van der Waals surface area contributed by atoms with Gasteiger partial charge in [0.1, 0.15) is 0 Å². The van der Waals surface area contributed by atoms with Crippen LogP contribution in [0.1, 0.15) is 58.4 Å². The second-order valence-corrected chi connectivity index (χ2v) is 9.96. The first-order chi connectivity index (χ1) is 14.9. The fourth-order valence-corrected chi connectivity index (χ4v) is 5.97. The molecule has 2 spiro atoms. The molecule has 3 aliphatic rings. The Bertz CT molecular complexity index is 780. The van der Waals surface area contributed by atoms with E-state index in [-0.39, 0.29) is 23.0 Å². The van der Waals surface area contributed by atoms with Crippen LogP contribution in [0, 0.1) is 5.41 Å². The molecule has 170 valence electrons. The molecule has 4 rings (SSSR count). The fourth-order valence-electron chi connectivity index (χ4n) is 5.97. The Morgan fingerprint density at radius 2 is 1.87 bits per heavy atom. The molecule has 0 radical (unpaired) electrons. The van der Waals surface area contributed by atoms with Crippen LogP contribution in [0.4, 0.5) is 4.79 Å². The van der Waals surface area contributed by atoms with E-state index in [1.807, 2.05) is 37.2 Å². The summed E-state index contributed by atoms with van der Waals surface area (Å²) in [6, 6.07) is 4.27. The SMILES string of the molecule is CCN1C(=O)C2(CCN(Cc3cccnc3)CC2)CC12CCN(C(=O)NC(C)C)CC2. The molecule has 3 saturated heterocycles. The molecule has 0 saturated carbocycles. The highest BCUT2D eigenvalue weighted by Gasteiger charge is 2.59. The zero-order valence-corrected chi connectivity index (χ0v) is 19.3. The molecule has 3 amide bonds. The number of carbonyl (C=O) groups excluding carboxylic acids is 2. The standard InChI is InChI=1S/C24H37N5O2/c1-4-29-21(30)23(7-12-27(13-8-23)17-20-6-5-11-25-16-20)18-24(29)9-14-28(15-10-24)22(31)26-19(2)3/h5-6,11,16,19H,4,7-10,12-15,17-18H2,1-3H3,(H,26,31). The first kappa shape index (κ1) is 22.1. The third-order valence-electron chi connectivity index (χ3n) is 7.59. The van der Waals surface area contributed by atoms with E-state index in [1.165, 1.54) is 5.56 Å². The molecule has 0 atom stereocenters. The molecule has 0 bridgehead atoms. The number of rotatable bonds is 4.